The Bertz CT molecular complexity index is 1590. The molecule has 2 aliphatic heterocycles. The maximum absolute atomic E-state index is 13.4. The zero-order valence-electron chi connectivity index (χ0n) is 19.5. The first-order valence-electron chi connectivity index (χ1n) is 11.5. The number of hydrogen-bond donors (Lipinski definition) is 1. The Kier molecular flexibility index (Phi) is 5.35. The van der Waals surface area contributed by atoms with Crippen molar-refractivity contribution in [2.24, 2.45) is 0 Å². The number of hydrogen-bond acceptors (Lipinski definition) is 6. The summed E-state index contributed by atoms with van der Waals surface area (Å²) < 4.78 is 6.68. The maximum Gasteiger partial charge on any atom is 0.301 e. The van der Waals surface area contributed by atoms with Crippen molar-refractivity contribution in [2.75, 3.05) is 4.90 Å². The minimum atomic E-state index is -0.854. The Morgan fingerprint density at radius 2 is 1.89 bits per heavy atom. The molecule has 8 heteroatoms. The number of carbonyl (C=O) groups is 2. The highest BCUT2D eigenvalue weighted by Crippen LogP contribution is 2.45. The molecule has 180 valence electrons. The van der Waals surface area contributed by atoms with Crippen molar-refractivity contribution in [3.8, 4) is 5.75 Å². The van der Waals surface area contributed by atoms with Gasteiger partial charge in [0.2, 0.25) is 0 Å². The van der Waals surface area contributed by atoms with E-state index in [-0.39, 0.29) is 17.4 Å². The highest BCUT2D eigenvalue weighted by atomic mass is 35.5. The van der Waals surface area contributed by atoms with Gasteiger partial charge in [-0.1, -0.05) is 41.1 Å². The van der Waals surface area contributed by atoms with Crippen LogP contribution in [0.2, 0.25) is 5.02 Å². The second-order valence-electron chi connectivity index (χ2n) is 9.14. The first-order chi connectivity index (χ1) is 17.3. The molecule has 6 nitrogen and oxygen atoms in total. The van der Waals surface area contributed by atoms with Gasteiger partial charge in [0, 0.05) is 17.0 Å². The van der Waals surface area contributed by atoms with Gasteiger partial charge in [-0.3, -0.25) is 14.5 Å². The van der Waals surface area contributed by atoms with Crippen molar-refractivity contribution in [1.82, 2.24) is 4.98 Å². The van der Waals surface area contributed by atoms with E-state index in [9.17, 15) is 14.7 Å². The van der Waals surface area contributed by atoms with Crippen molar-refractivity contribution in [3.05, 3.63) is 93.5 Å². The summed E-state index contributed by atoms with van der Waals surface area (Å²) in [5, 5.41) is 12.4. The number of nitrogens with zero attached hydrogens (tertiary/aromatic N) is 2. The van der Waals surface area contributed by atoms with Crippen LogP contribution in [-0.4, -0.2) is 27.9 Å². The average molecular weight is 517 g/mol. The Morgan fingerprint density at radius 3 is 2.67 bits per heavy atom. The van der Waals surface area contributed by atoms with Crippen LogP contribution in [0.1, 0.15) is 35.2 Å². The quantitative estimate of drug-likeness (QED) is 0.199. The molecule has 0 unspecified atom stereocenters. The molecular weight excluding hydrogens is 496 g/mol. The van der Waals surface area contributed by atoms with Gasteiger partial charge in [0.15, 0.2) is 5.13 Å². The lowest BCUT2D eigenvalue weighted by Crippen LogP contribution is -2.29. The zero-order valence-corrected chi connectivity index (χ0v) is 21.1. The summed E-state index contributed by atoms with van der Waals surface area (Å²) in [5.41, 5.74) is 3.89. The number of thiazole rings is 1. The van der Waals surface area contributed by atoms with Crippen LogP contribution >= 0.6 is 22.9 Å². The molecule has 1 fully saturated rings. The highest BCUT2D eigenvalue weighted by Gasteiger charge is 2.48. The molecule has 1 amide bonds. The lowest BCUT2D eigenvalue weighted by Gasteiger charge is -2.23. The summed E-state index contributed by atoms with van der Waals surface area (Å²) in [7, 11) is 0. The van der Waals surface area contributed by atoms with E-state index in [1.807, 2.05) is 38.1 Å². The van der Waals surface area contributed by atoms with Crippen LogP contribution in [0.25, 0.3) is 16.0 Å². The van der Waals surface area contributed by atoms with E-state index in [0.29, 0.717) is 27.7 Å². The SMILES string of the molecule is Cc1ccc2nc(N3C(=O)C(=O)C(=C(O)c4ccc5c(c4)C[C@@H](C)O5)[C@H]3c3ccc(Cl)cc3)sc2c1. The molecule has 2 atom stereocenters. The number of rotatable bonds is 3. The highest BCUT2D eigenvalue weighted by molar-refractivity contribution is 7.22. The van der Waals surface area contributed by atoms with Crippen LogP contribution in [0.5, 0.6) is 5.75 Å². The van der Waals surface area contributed by atoms with Gasteiger partial charge in [0.1, 0.15) is 17.6 Å². The molecular formula is C28H21ClN2O4S. The number of anilines is 1. The van der Waals surface area contributed by atoms with Crippen molar-refractivity contribution < 1.29 is 19.4 Å². The molecule has 2 aliphatic rings. The number of benzene rings is 3. The van der Waals surface area contributed by atoms with Gasteiger partial charge in [0.05, 0.1) is 21.8 Å². The van der Waals surface area contributed by atoms with Crippen molar-refractivity contribution in [3.63, 3.8) is 0 Å². The van der Waals surface area contributed by atoms with E-state index in [4.69, 9.17) is 16.3 Å². The van der Waals surface area contributed by atoms with Gasteiger partial charge >= 0.3 is 5.91 Å². The largest absolute Gasteiger partial charge is 0.507 e. The second-order valence-corrected chi connectivity index (χ2v) is 10.6. The average Bonchev–Trinajstić information content (AvgIpc) is 3.51. The van der Waals surface area contributed by atoms with Crippen molar-refractivity contribution in [1.29, 1.82) is 0 Å². The zero-order chi connectivity index (χ0) is 25.1. The Hall–Kier alpha value is -3.68. The predicted octanol–water partition coefficient (Wildman–Crippen LogP) is 6.21. The van der Waals surface area contributed by atoms with Crippen molar-refractivity contribution >= 4 is 55.7 Å². The minimum absolute atomic E-state index is 0.0182. The maximum atomic E-state index is 13.4. The van der Waals surface area contributed by atoms with E-state index in [0.717, 1.165) is 27.1 Å². The van der Waals surface area contributed by atoms with Crippen LogP contribution in [-0.2, 0) is 16.0 Å². The molecule has 0 bridgehead atoms. The Balaban J connectivity index is 1.53. The molecule has 0 saturated carbocycles. The first-order valence-corrected chi connectivity index (χ1v) is 12.7. The van der Waals surface area contributed by atoms with Crippen LogP contribution in [0, 0.1) is 6.92 Å². The fourth-order valence-corrected chi connectivity index (χ4v) is 6.05. The molecule has 1 aromatic heterocycles. The number of aromatic nitrogens is 1. The molecule has 6 rings (SSSR count). The number of aliphatic hydroxyl groups excluding tert-OH is 1. The minimum Gasteiger partial charge on any atom is -0.507 e. The number of amides is 1. The number of aliphatic hydroxyl groups is 1. The monoisotopic (exact) mass is 516 g/mol. The van der Waals surface area contributed by atoms with E-state index in [1.165, 1.54) is 16.2 Å². The van der Waals surface area contributed by atoms with Gasteiger partial charge in [-0.2, -0.15) is 0 Å². The smallest absolute Gasteiger partial charge is 0.301 e. The second kappa shape index (κ2) is 8.47. The van der Waals surface area contributed by atoms with Crippen LogP contribution in [0.4, 0.5) is 5.13 Å². The number of ether oxygens (including phenoxy) is 1. The molecule has 3 heterocycles. The molecule has 1 N–H and O–H groups in total. The van der Waals surface area contributed by atoms with Gasteiger partial charge in [-0.05, 0) is 73.0 Å². The summed E-state index contributed by atoms with van der Waals surface area (Å²) in [6.07, 6.45) is 0.746. The number of carbonyl (C=O) groups excluding carboxylic acids is 2. The molecule has 4 aromatic rings. The molecule has 0 radical (unpaired) electrons. The van der Waals surface area contributed by atoms with Crippen LogP contribution in [0.15, 0.2) is 66.2 Å². The topological polar surface area (TPSA) is 79.7 Å². The predicted molar refractivity (Wildman–Crippen MR) is 141 cm³/mol. The lowest BCUT2D eigenvalue weighted by molar-refractivity contribution is -0.132. The summed E-state index contributed by atoms with van der Waals surface area (Å²) >= 11 is 7.46. The third-order valence-electron chi connectivity index (χ3n) is 6.54. The van der Waals surface area contributed by atoms with Gasteiger partial charge in [-0.25, -0.2) is 4.98 Å². The molecule has 0 aliphatic carbocycles. The summed E-state index contributed by atoms with van der Waals surface area (Å²) in [6, 6.07) is 17.2. The molecule has 36 heavy (non-hydrogen) atoms. The summed E-state index contributed by atoms with van der Waals surface area (Å²) in [6.45, 7) is 3.96. The number of Topliss-reactive ketones (excluding diaryl/α,β-unsaturated/α-hetero) is 1. The van der Waals surface area contributed by atoms with Crippen molar-refractivity contribution in [2.45, 2.75) is 32.4 Å². The van der Waals surface area contributed by atoms with E-state index in [1.54, 1.807) is 36.4 Å². The normalized spacial score (nSPS) is 20.7. The lowest BCUT2D eigenvalue weighted by atomic mass is 9.94. The molecule has 3 aromatic carbocycles. The van der Waals surface area contributed by atoms with Crippen LogP contribution in [0.3, 0.4) is 0 Å². The van der Waals surface area contributed by atoms with Gasteiger partial charge in [-0.15, -0.1) is 0 Å². The fraction of sp³-hybridized carbons (Fsp3) is 0.179. The summed E-state index contributed by atoms with van der Waals surface area (Å²) in [5.74, 6) is -0.952. The van der Waals surface area contributed by atoms with E-state index < -0.39 is 17.7 Å². The van der Waals surface area contributed by atoms with E-state index >= 15 is 0 Å². The number of fused-ring (bicyclic) bond motifs is 2. The van der Waals surface area contributed by atoms with Gasteiger partial charge < -0.3 is 9.84 Å². The molecule has 0 spiro atoms. The Morgan fingerprint density at radius 1 is 1.11 bits per heavy atom. The fourth-order valence-electron chi connectivity index (χ4n) is 4.84. The summed E-state index contributed by atoms with van der Waals surface area (Å²) in [4.78, 5) is 32.9. The van der Waals surface area contributed by atoms with E-state index in [2.05, 4.69) is 4.98 Å². The number of ketones is 1. The first kappa shape index (κ1) is 22.8. The Labute approximate surface area is 216 Å². The number of halogens is 1. The van der Waals surface area contributed by atoms with Crippen LogP contribution < -0.4 is 9.64 Å². The molecule has 1 saturated heterocycles. The third-order valence-corrected chi connectivity index (χ3v) is 7.81. The van der Waals surface area contributed by atoms with Gasteiger partial charge in [0.25, 0.3) is 5.78 Å². The third kappa shape index (κ3) is 3.67. The standard InChI is InChI=1S/C28H21ClN2O4S/c1-14-3-9-20-22(11-14)36-28(30-20)31-24(16-4-7-19(29)8-5-16)23(26(33)27(31)34)25(32)17-6-10-21-18(13-17)12-15(2)35-21/h3-11,13,15,24,32H,12H2,1-2H3/t15-,24-/m1/s1. The number of aryl methyl sites for hydroxylation is 1.